The van der Waals surface area contributed by atoms with Crippen LogP contribution in [0.2, 0.25) is 5.02 Å². The zero-order chi connectivity index (χ0) is 22.2. The number of carbonyl (C=O) groups is 1. The minimum atomic E-state index is -0.579. The van der Waals surface area contributed by atoms with E-state index in [0.717, 1.165) is 5.56 Å². The number of halogens is 1. The van der Waals surface area contributed by atoms with Crippen molar-refractivity contribution in [3.8, 4) is 11.5 Å². The summed E-state index contributed by atoms with van der Waals surface area (Å²) in [6.07, 6.45) is 1.41. The number of carbonyl (C=O) groups excluding carboxylic acids is 1. The average Bonchev–Trinajstić information content (AvgIpc) is 2.78. The molecule has 31 heavy (non-hydrogen) atoms. The fraction of sp³-hybridized carbons (Fsp3) is 0.0909. The Hall–Kier alpha value is -3.91. The van der Waals surface area contributed by atoms with Gasteiger partial charge in [-0.25, -0.2) is 5.43 Å². The molecule has 0 radical (unpaired) electrons. The number of nitrogens with one attached hydrogen (secondary N) is 1. The van der Waals surface area contributed by atoms with Gasteiger partial charge in [0.15, 0.2) is 11.5 Å². The van der Waals surface area contributed by atoms with Crippen LogP contribution in [-0.2, 0) is 6.61 Å². The maximum Gasteiger partial charge on any atom is 0.271 e. The van der Waals surface area contributed by atoms with Crippen molar-refractivity contribution in [2.45, 2.75) is 6.61 Å². The molecule has 0 atom stereocenters. The smallest absolute Gasteiger partial charge is 0.271 e. The van der Waals surface area contributed by atoms with E-state index in [9.17, 15) is 14.9 Å². The molecule has 0 saturated heterocycles. The van der Waals surface area contributed by atoms with Crippen LogP contribution in [0.25, 0.3) is 0 Å². The van der Waals surface area contributed by atoms with Gasteiger partial charge in [-0.15, -0.1) is 0 Å². The first-order valence-electron chi connectivity index (χ1n) is 9.10. The molecule has 3 aromatic rings. The third-order valence-corrected chi connectivity index (χ3v) is 4.43. The number of ether oxygens (including phenoxy) is 2. The van der Waals surface area contributed by atoms with E-state index in [1.807, 2.05) is 12.1 Å². The first-order chi connectivity index (χ1) is 15.0. The summed E-state index contributed by atoms with van der Waals surface area (Å²) in [4.78, 5) is 22.5. The monoisotopic (exact) mass is 439 g/mol. The number of hydrogen-bond donors (Lipinski definition) is 1. The Morgan fingerprint density at radius 1 is 1.16 bits per heavy atom. The molecule has 3 rings (SSSR count). The molecule has 0 aromatic heterocycles. The summed E-state index contributed by atoms with van der Waals surface area (Å²) in [6, 6.07) is 17.9. The molecule has 0 aliphatic carbocycles. The molecule has 0 saturated carbocycles. The van der Waals surface area contributed by atoms with Crippen LogP contribution in [0.1, 0.15) is 21.5 Å². The summed E-state index contributed by atoms with van der Waals surface area (Å²) in [5.74, 6) is 0.360. The van der Waals surface area contributed by atoms with Gasteiger partial charge in [0.25, 0.3) is 11.6 Å². The Labute approximate surface area is 183 Å². The second-order valence-electron chi connectivity index (χ2n) is 6.30. The number of benzene rings is 3. The van der Waals surface area contributed by atoms with Crippen LogP contribution in [0.3, 0.4) is 0 Å². The zero-order valence-corrected chi connectivity index (χ0v) is 17.2. The van der Waals surface area contributed by atoms with Crippen LogP contribution < -0.4 is 14.9 Å². The molecule has 1 amide bonds. The van der Waals surface area contributed by atoms with Crippen LogP contribution >= 0.6 is 11.6 Å². The van der Waals surface area contributed by atoms with Gasteiger partial charge in [0, 0.05) is 28.3 Å². The topological polar surface area (TPSA) is 103 Å². The number of rotatable bonds is 8. The van der Waals surface area contributed by atoms with Crippen molar-refractivity contribution in [3.05, 3.63) is 98.6 Å². The summed E-state index contributed by atoms with van der Waals surface area (Å²) in [7, 11) is 1.52. The minimum absolute atomic E-state index is 0.120. The number of nitro groups is 1. The molecule has 158 valence electrons. The molecule has 8 nitrogen and oxygen atoms in total. The second kappa shape index (κ2) is 10.2. The molecular formula is C22H18ClN3O5. The lowest BCUT2D eigenvalue weighted by atomic mass is 10.2. The van der Waals surface area contributed by atoms with Crippen molar-refractivity contribution in [2.75, 3.05) is 7.11 Å². The highest BCUT2D eigenvalue weighted by atomic mass is 35.5. The Balaban J connectivity index is 1.74. The third kappa shape index (κ3) is 5.80. The molecule has 0 fully saturated rings. The first-order valence-corrected chi connectivity index (χ1v) is 9.48. The van der Waals surface area contributed by atoms with Crippen LogP contribution in [0.5, 0.6) is 11.5 Å². The number of para-hydroxylation sites is 1. The zero-order valence-electron chi connectivity index (χ0n) is 16.4. The van der Waals surface area contributed by atoms with Crippen molar-refractivity contribution in [3.63, 3.8) is 0 Å². The Bertz CT molecular complexity index is 1130. The van der Waals surface area contributed by atoms with Gasteiger partial charge in [0.2, 0.25) is 0 Å². The standard InChI is InChI=1S/C22H18ClN3O5/c1-30-20-10-4-7-17(21(20)31-14-15-5-2-8-18(23)11-15)13-24-25-22(27)16-6-3-9-19(12-16)26(28)29/h2-13H,14H2,1H3,(H,25,27). The van der Waals surface area contributed by atoms with Crippen molar-refractivity contribution >= 4 is 29.4 Å². The molecule has 0 aliphatic heterocycles. The fourth-order valence-corrected chi connectivity index (χ4v) is 2.93. The van der Waals surface area contributed by atoms with Gasteiger partial charge in [0.05, 0.1) is 18.2 Å². The molecular weight excluding hydrogens is 422 g/mol. The number of methoxy groups -OCH3 is 1. The van der Waals surface area contributed by atoms with Gasteiger partial charge in [-0.05, 0) is 35.9 Å². The highest BCUT2D eigenvalue weighted by molar-refractivity contribution is 6.30. The van der Waals surface area contributed by atoms with Crippen molar-refractivity contribution in [1.29, 1.82) is 0 Å². The van der Waals surface area contributed by atoms with Gasteiger partial charge in [-0.2, -0.15) is 5.10 Å². The van der Waals surface area contributed by atoms with Crippen LogP contribution in [-0.4, -0.2) is 24.2 Å². The largest absolute Gasteiger partial charge is 0.493 e. The quantitative estimate of drug-likeness (QED) is 0.314. The number of nitrogens with zero attached hydrogens (tertiary/aromatic N) is 2. The fourth-order valence-electron chi connectivity index (χ4n) is 2.72. The summed E-state index contributed by atoms with van der Waals surface area (Å²) in [6.45, 7) is 0.252. The lowest BCUT2D eigenvalue weighted by molar-refractivity contribution is -0.384. The van der Waals surface area contributed by atoms with Crippen LogP contribution in [0, 0.1) is 10.1 Å². The third-order valence-electron chi connectivity index (χ3n) is 4.19. The molecule has 0 bridgehead atoms. The summed E-state index contributed by atoms with van der Waals surface area (Å²) < 4.78 is 11.3. The van der Waals surface area contributed by atoms with E-state index in [1.165, 1.54) is 37.6 Å². The van der Waals surface area contributed by atoms with Crippen molar-refractivity contribution in [2.24, 2.45) is 5.10 Å². The lowest BCUT2D eigenvalue weighted by Crippen LogP contribution is -2.17. The van der Waals surface area contributed by atoms with E-state index >= 15 is 0 Å². The van der Waals surface area contributed by atoms with Crippen molar-refractivity contribution < 1.29 is 19.2 Å². The van der Waals surface area contributed by atoms with E-state index in [-0.39, 0.29) is 17.9 Å². The first kappa shape index (κ1) is 21.8. The minimum Gasteiger partial charge on any atom is -0.493 e. The number of nitro benzene ring substituents is 1. The van der Waals surface area contributed by atoms with Crippen LogP contribution in [0.15, 0.2) is 71.8 Å². The maximum atomic E-state index is 12.2. The van der Waals surface area contributed by atoms with Crippen LogP contribution in [0.4, 0.5) is 5.69 Å². The summed E-state index contributed by atoms with van der Waals surface area (Å²) >= 11 is 6.01. The van der Waals surface area contributed by atoms with E-state index in [2.05, 4.69) is 10.5 Å². The van der Waals surface area contributed by atoms with E-state index < -0.39 is 10.8 Å². The number of hydrazone groups is 1. The van der Waals surface area contributed by atoms with Gasteiger partial charge >= 0.3 is 0 Å². The predicted octanol–water partition coefficient (Wildman–Crippen LogP) is 4.60. The number of hydrogen-bond acceptors (Lipinski definition) is 6. The second-order valence-corrected chi connectivity index (χ2v) is 6.74. The Kier molecular flexibility index (Phi) is 7.18. The van der Waals surface area contributed by atoms with Crippen molar-refractivity contribution in [1.82, 2.24) is 5.43 Å². The summed E-state index contributed by atoms with van der Waals surface area (Å²) in [5, 5.41) is 15.4. The lowest BCUT2D eigenvalue weighted by Gasteiger charge is -2.13. The van der Waals surface area contributed by atoms with Gasteiger partial charge in [0.1, 0.15) is 6.61 Å². The van der Waals surface area contributed by atoms with E-state index in [4.69, 9.17) is 21.1 Å². The van der Waals surface area contributed by atoms with Gasteiger partial charge < -0.3 is 9.47 Å². The highest BCUT2D eigenvalue weighted by Crippen LogP contribution is 2.31. The number of non-ortho nitro benzene ring substituents is 1. The average molecular weight is 440 g/mol. The SMILES string of the molecule is COc1cccc(C=NNC(=O)c2cccc([N+](=O)[O-])c2)c1OCc1cccc(Cl)c1. The highest BCUT2D eigenvalue weighted by Gasteiger charge is 2.12. The molecule has 0 unspecified atom stereocenters. The Morgan fingerprint density at radius 3 is 2.68 bits per heavy atom. The molecule has 0 aliphatic rings. The normalized spacial score (nSPS) is 10.6. The van der Waals surface area contributed by atoms with E-state index in [0.29, 0.717) is 22.1 Å². The molecule has 3 aromatic carbocycles. The van der Waals surface area contributed by atoms with E-state index in [1.54, 1.807) is 30.3 Å². The maximum absolute atomic E-state index is 12.2. The van der Waals surface area contributed by atoms with Gasteiger partial charge in [-0.1, -0.05) is 35.9 Å². The molecule has 0 heterocycles. The molecule has 9 heteroatoms. The molecule has 0 spiro atoms. The van der Waals surface area contributed by atoms with Gasteiger partial charge in [-0.3, -0.25) is 14.9 Å². The summed E-state index contributed by atoms with van der Waals surface area (Å²) in [5.41, 5.74) is 3.74. The Morgan fingerprint density at radius 2 is 1.94 bits per heavy atom. The predicted molar refractivity (Wildman–Crippen MR) is 117 cm³/mol. The molecule has 1 N–H and O–H groups in total. The number of amides is 1.